The summed E-state index contributed by atoms with van der Waals surface area (Å²) in [5.74, 6) is 0.482. The van der Waals surface area contributed by atoms with Gasteiger partial charge in [-0.3, -0.25) is 0 Å². The first-order valence-corrected chi connectivity index (χ1v) is 6.88. The van der Waals surface area contributed by atoms with Gasteiger partial charge in [-0.05, 0) is 43.2 Å². The predicted octanol–water partition coefficient (Wildman–Crippen LogP) is 1.88. The number of fused-ring (bicyclic) bond motifs is 1. The fourth-order valence-corrected chi connectivity index (χ4v) is 3.05. The van der Waals surface area contributed by atoms with Gasteiger partial charge in [-0.25, -0.2) is 0 Å². The molecular weight excluding hydrogens is 224 g/mol. The van der Waals surface area contributed by atoms with E-state index in [9.17, 15) is 5.11 Å². The highest BCUT2D eigenvalue weighted by Crippen LogP contribution is 2.41. The number of nitrogens with two attached hydrogens (primary N) is 1. The maximum absolute atomic E-state index is 10.3. The van der Waals surface area contributed by atoms with Crippen molar-refractivity contribution in [3.05, 3.63) is 35.4 Å². The van der Waals surface area contributed by atoms with Crippen LogP contribution in [0.25, 0.3) is 0 Å². The van der Waals surface area contributed by atoms with Gasteiger partial charge in [0.15, 0.2) is 0 Å². The summed E-state index contributed by atoms with van der Waals surface area (Å²) in [6.45, 7) is 2.60. The van der Waals surface area contributed by atoms with Crippen LogP contribution in [0, 0.1) is 5.92 Å². The Hall–Kier alpha value is -0.900. The summed E-state index contributed by atoms with van der Waals surface area (Å²) in [7, 11) is 0. The monoisotopic (exact) mass is 246 g/mol. The second-order valence-corrected chi connectivity index (χ2v) is 6.04. The van der Waals surface area contributed by atoms with Gasteiger partial charge in [0.1, 0.15) is 0 Å². The van der Waals surface area contributed by atoms with Gasteiger partial charge >= 0.3 is 0 Å². The van der Waals surface area contributed by atoms with Gasteiger partial charge in [-0.2, -0.15) is 0 Å². The molecule has 1 saturated carbocycles. The second kappa shape index (κ2) is 4.34. The van der Waals surface area contributed by atoms with Crippen molar-refractivity contribution < 1.29 is 5.11 Å². The van der Waals surface area contributed by atoms with E-state index in [1.807, 2.05) is 13.0 Å². The molecule has 0 aliphatic heterocycles. The molecule has 0 radical (unpaired) electrons. The van der Waals surface area contributed by atoms with E-state index in [0.717, 1.165) is 19.3 Å². The highest BCUT2D eigenvalue weighted by Gasteiger charge is 2.40. The van der Waals surface area contributed by atoms with Crippen molar-refractivity contribution in [3.63, 3.8) is 0 Å². The van der Waals surface area contributed by atoms with E-state index in [-0.39, 0.29) is 6.04 Å². The molecule has 3 nitrogen and oxygen atoms in total. The van der Waals surface area contributed by atoms with Gasteiger partial charge in [0.25, 0.3) is 0 Å². The summed E-state index contributed by atoms with van der Waals surface area (Å²) in [6.07, 6.45) is 3.25. The van der Waals surface area contributed by atoms with Crippen LogP contribution >= 0.6 is 0 Å². The van der Waals surface area contributed by atoms with Crippen LogP contribution in [0.4, 0.5) is 0 Å². The number of hydrogen-bond donors (Lipinski definition) is 3. The smallest absolute Gasteiger partial charge is 0.0771 e. The maximum atomic E-state index is 10.3. The lowest BCUT2D eigenvalue weighted by Crippen LogP contribution is -2.40. The van der Waals surface area contributed by atoms with Gasteiger partial charge < -0.3 is 16.2 Å². The van der Waals surface area contributed by atoms with Crippen molar-refractivity contribution in [1.82, 2.24) is 5.32 Å². The topological polar surface area (TPSA) is 58.3 Å². The fraction of sp³-hybridized carbons (Fsp3) is 0.600. The SMILES string of the molecule is CC(O)(CNC1CC(N)c2ccccc21)C1CC1. The molecule has 3 heteroatoms. The molecule has 0 spiro atoms. The minimum atomic E-state index is -0.568. The number of benzene rings is 1. The number of hydrogen-bond acceptors (Lipinski definition) is 3. The van der Waals surface area contributed by atoms with Crippen LogP contribution in [0.5, 0.6) is 0 Å². The molecule has 3 unspecified atom stereocenters. The van der Waals surface area contributed by atoms with Crippen LogP contribution < -0.4 is 11.1 Å². The molecule has 0 aromatic heterocycles. The Morgan fingerprint density at radius 2 is 2.00 bits per heavy atom. The normalized spacial score (nSPS) is 29.9. The van der Waals surface area contributed by atoms with Crippen molar-refractivity contribution in [1.29, 1.82) is 0 Å². The zero-order chi connectivity index (χ0) is 12.8. The molecule has 0 bridgehead atoms. The van der Waals surface area contributed by atoms with E-state index in [0.29, 0.717) is 18.5 Å². The van der Waals surface area contributed by atoms with Gasteiger partial charge in [-0.15, -0.1) is 0 Å². The van der Waals surface area contributed by atoms with E-state index in [1.165, 1.54) is 11.1 Å². The summed E-state index contributed by atoms with van der Waals surface area (Å²) in [6, 6.07) is 8.78. The lowest BCUT2D eigenvalue weighted by molar-refractivity contribution is 0.0341. The van der Waals surface area contributed by atoms with Gasteiger partial charge in [0, 0.05) is 18.6 Å². The predicted molar refractivity (Wildman–Crippen MR) is 72.1 cm³/mol. The lowest BCUT2D eigenvalue weighted by Gasteiger charge is -2.26. The van der Waals surface area contributed by atoms with Crippen LogP contribution in [-0.2, 0) is 0 Å². The molecule has 3 atom stereocenters. The minimum Gasteiger partial charge on any atom is -0.389 e. The van der Waals surface area contributed by atoms with Crippen LogP contribution in [0.1, 0.15) is 49.4 Å². The minimum absolute atomic E-state index is 0.129. The number of nitrogens with one attached hydrogen (secondary N) is 1. The molecule has 2 aliphatic carbocycles. The lowest BCUT2D eigenvalue weighted by atomic mass is 9.99. The average molecular weight is 246 g/mol. The molecule has 0 saturated heterocycles. The molecule has 1 aromatic rings. The molecule has 98 valence electrons. The Morgan fingerprint density at radius 1 is 1.33 bits per heavy atom. The standard InChI is InChI=1S/C15H22N2O/c1-15(18,10-6-7-10)9-17-14-8-13(16)11-4-2-3-5-12(11)14/h2-5,10,13-14,17-18H,6-9,16H2,1H3. The quantitative estimate of drug-likeness (QED) is 0.760. The Labute approximate surface area is 108 Å². The molecule has 3 rings (SSSR count). The van der Waals surface area contributed by atoms with E-state index in [1.54, 1.807) is 0 Å². The van der Waals surface area contributed by atoms with Crippen molar-refractivity contribution >= 4 is 0 Å². The first-order valence-electron chi connectivity index (χ1n) is 6.88. The van der Waals surface area contributed by atoms with Crippen molar-refractivity contribution in [3.8, 4) is 0 Å². The van der Waals surface area contributed by atoms with Gasteiger partial charge in [0.05, 0.1) is 5.60 Å². The molecular formula is C15H22N2O. The molecule has 0 heterocycles. The van der Waals surface area contributed by atoms with Crippen molar-refractivity contribution in [2.24, 2.45) is 11.7 Å². The van der Waals surface area contributed by atoms with Crippen molar-refractivity contribution in [2.45, 2.75) is 43.9 Å². The highest BCUT2D eigenvalue weighted by atomic mass is 16.3. The van der Waals surface area contributed by atoms with Crippen LogP contribution in [-0.4, -0.2) is 17.3 Å². The molecule has 18 heavy (non-hydrogen) atoms. The number of aliphatic hydroxyl groups is 1. The largest absolute Gasteiger partial charge is 0.389 e. The van der Waals surface area contributed by atoms with E-state index in [2.05, 4.69) is 23.5 Å². The summed E-state index contributed by atoms with van der Waals surface area (Å²) < 4.78 is 0. The van der Waals surface area contributed by atoms with E-state index < -0.39 is 5.60 Å². The Balaban J connectivity index is 1.68. The third-order valence-electron chi connectivity index (χ3n) is 4.42. The summed E-state index contributed by atoms with van der Waals surface area (Å²) in [4.78, 5) is 0. The zero-order valence-electron chi connectivity index (χ0n) is 10.9. The third-order valence-corrected chi connectivity index (χ3v) is 4.42. The molecule has 2 aliphatic rings. The van der Waals surface area contributed by atoms with Crippen molar-refractivity contribution in [2.75, 3.05) is 6.54 Å². The average Bonchev–Trinajstić information content (AvgIpc) is 3.15. The molecule has 1 fully saturated rings. The first-order chi connectivity index (χ1) is 8.58. The second-order valence-electron chi connectivity index (χ2n) is 6.04. The third kappa shape index (κ3) is 2.18. The maximum Gasteiger partial charge on any atom is 0.0771 e. The van der Waals surface area contributed by atoms with Crippen LogP contribution in [0.3, 0.4) is 0 Å². The highest BCUT2D eigenvalue weighted by molar-refractivity contribution is 5.37. The van der Waals surface area contributed by atoms with Crippen LogP contribution in [0.15, 0.2) is 24.3 Å². The van der Waals surface area contributed by atoms with E-state index >= 15 is 0 Å². The Bertz CT molecular complexity index is 440. The van der Waals surface area contributed by atoms with Gasteiger partial charge in [0.2, 0.25) is 0 Å². The Morgan fingerprint density at radius 3 is 2.67 bits per heavy atom. The van der Waals surface area contributed by atoms with E-state index in [4.69, 9.17) is 5.73 Å². The fourth-order valence-electron chi connectivity index (χ4n) is 3.05. The molecule has 1 aromatic carbocycles. The van der Waals surface area contributed by atoms with Gasteiger partial charge in [-0.1, -0.05) is 24.3 Å². The number of rotatable bonds is 4. The summed E-state index contributed by atoms with van der Waals surface area (Å²) in [5, 5.41) is 13.8. The molecule has 0 amide bonds. The molecule has 4 N–H and O–H groups in total. The summed E-state index contributed by atoms with van der Waals surface area (Å²) in [5.41, 5.74) is 8.13. The first kappa shape index (κ1) is 12.2. The summed E-state index contributed by atoms with van der Waals surface area (Å²) >= 11 is 0. The van der Waals surface area contributed by atoms with Crippen LogP contribution in [0.2, 0.25) is 0 Å². The zero-order valence-corrected chi connectivity index (χ0v) is 10.9. The Kier molecular flexibility index (Phi) is 2.93.